The molecule has 1 rings (SSSR count). The Kier molecular flexibility index (Phi) is 3.17. The standard InChI is InChI=1S/C8H10N4O3/c1-4(8(14)15)12-7(13)5-6(9)11-3-2-10-5/h2-4H,1H3,(H2,9,11)(H,12,13)(H,14,15)/t4-/m1/s1. The van der Waals surface area contributed by atoms with Gasteiger partial charge in [-0.2, -0.15) is 0 Å². The highest BCUT2D eigenvalue weighted by atomic mass is 16.4. The quantitative estimate of drug-likeness (QED) is 0.604. The number of carboxylic acid groups (broad SMARTS) is 1. The van der Waals surface area contributed by atoms with Gasteiger partial charge in [0, 0.05) is 12.4 Å². The van der Waals surface area contributed by atoms with E-state index in [9.17, 15) is 9.59 Å². The molecule has 4 N–H and O–H groups in total. The first-order valence-corrected chi connectivity index (χ1v) is 4.12. The predicted octanol–water partition coefficient (Wildman–Crippen LogP) is -0.738. The Balaban J connectivity index is 2.78. The van der Waals surface area contributed by atoms with E-state index in [1.807, 2.05) is 0 Å². The van der Waals surface area contributed by atoms with Crippen molar-refractivity contribution in [3.05, 3.63) is 18.1 Å². The molecule has 0 fully saturated rings. The molecule has 0 aromatic carbocycles. The summed E-state index contributed by atoms with van der Waals surface area (Å²) < 4.78 is 0. The zero-order valence-electron chi connectivity index (χ0n) is 7.97. The fourth-order valence-corrected chi connectivity index (χ4v) is 0.850. The topological polar surface area (TPSA) is 118 Å². The zero-order valence-corrected chi connectivity index (χ0v) is 7.97. The van der Waals surface area contributed by atoms with Gasteiger partial charge in [-0.1, -0.05) is 0 Å². The Labute approximate surface area is 85.3 Å². The van der Waals surface area contributed by atoms with Gasteiger partial charge in [0.1, 0.15) is 6.04 Å². The van der Waals surface area contributed by atoms with Gasteiger partial charge < -0.3 is 16.2 Å². The van der Waals surface area contributed by atoms with Gasteiger partial charge in [0.2, 0.25) is 0 Å². The average Bonchev–Trinajstić information content (AvgIpc) is 2.18. The van der Waals surface area contributed by atoms with Gasteiger partial charge in [-0.05, 0) is 6.92 Å². The van der Waals surface area contributed by atoms with Crippen molar-refractivity contribution >= 4 is 17.7 Å². The minimum Gasteiger partial charge on any atom is -0.480 e. The third-order valence-corrected chi connectivity index (χ3v) is 1.66. The van der Waals surface area contributed by atoms with Crippen LogP contribution in [0.1, 0.15) is 17.4 Å². The molecule has 0 unspecified atom stereocenters. The molecule has 80 valence electrons. The number of rotatable bonds is 3. The second-order valence-corrected chi connectivity index (χ2v) is 2.82. The van der Waals surface area contributed by atoms with E-state index in [1.54, 1.807) is 0 Å². The van der Waals surface area contributed by atoms with E-state index in [4.69, 9.17) is 10.8 Å². The van der Waals surface area contributed by atoms with Crippen molar-refractivity contribution in [2.45, 2.75) is 13.0 Å². The number of carbonyl (C=O) groups excluding carboxylic acids is 1. The summed E-state index contributed by atoms with van der Waals surface area (Å²) in [6, 6.07) is -1.00. The lowest BCUT2D eigenvalue weighted by Crippen LogP contribution is -2.39. The first-order chi connectivity index (χ1) is 7.02. The monoisotopic (exact) mass is 210 g/mol. The summed E-state index contributed by atoms with van der Waals surface area (Å²) in [6.07, 6.45) is 2.64. The molecule has 0 aliphatic carbocycles. The van der Waals surface area contributed by atoms with Crippen LogP contribution in [0.15, 0.2) is 12.4 Å². The van der Waals surface area contributed by atoms with Crippen molar-refractivity contribution in [3.8, 4) is 0 Å². The molecule has 15 heavy (non-hydrogen) atoms. The van der Waals surface area contributed by atoms with Crippen LogP contribution in [0.25, 0.3) is 0 Å². The number of nitrogens with one attached hydrogen (secondary N) is 1. The number of amides is 1. The molecule has 0 saturated heterocycles. The van der Waals surface area contributed by atoms with Crippen LogP contribution < -0.4 is 11.1 Å². The Hall–Kier alpha value is -2.18. The molecule has 1 heterocycles. The third kappa shape index (κ3) is 2.63. The lowest BCUT2D eigenvalue weighted by Gasteiger charge is -2.08. The third-order valence-electron chi connectivity index (χ3n) is 1.66. The normalized spacial score (nSPS) is 11.8. The van der Waals surface area contributed by atoms with Crippen molar-refractivity contribution in [2.24, 2.45) is 0 Å². The summed E-state index contributed by atoms with van der Waals surface area (Å²) >= 11 is 0. The first-order valence-electron chi connectivity index (χ1n) is 4.12. The minimum absolute atomic E-state index is 0.0346. The van der Waals surface area contributed by atoms with Crippen LogP contribution in [0.3, 0.4) is 0 Å². The number of nitrogens with zero attached hydrogens (tertiary/aromatic N) is 2. The van der Waals surface area contributed by atoms with Crippen LogP contribution in [-0.2, 0) is 4.79 Å². The van der Waals surface area contributed by atoms with Crippen LogP contribution in [-0.4, -0.2) is 33.0 Å². The minimum atomic E-state index is -1.13. The maximum Gasteiger partial charge on any atom is 0.325 e. The van der Waals surface area contributed by atoms with E-state index >= 15 is 0 Å². The molecule has 1 aromatic heterocycles. The summed E-state index contributed by atoms with van der Waals surface area (Å²) in [5.41, 5.74) is 5.31. The molecule has 0 bridgehead atoms. The highest BCUT2D eigenvalue weighted by Gasteiger charge is 2.18. The number of aliphatic carboxylic acids is 1. The van der Waals surface area contributed by atoms with Crippen LogP contribution in [0, 0.1) is 0 Å². The van der Waals surface area contributed by atoms with E-state index in [0.29, 0.717) is 0 Å². The van der Waals surface area contributed by atoms with Gasteiger partial charge in [0.05, 0.1) is 0 Å². The summed E-state index contributed by atoms with van der Waals surface area (Å²) in [6.45, 7) is 1.34. The fourth-order valence-electron chi connectivity index (χ4n) is 0.850. The molecule has 1 aromatic rings. The smallest absolute Gasteiger partial charge is 0.325 e. The maximum absolute atomic E-state index is 11.4. The van der Waals surface area contributed by atoms with E-state index in [-0.39, 0.29) is 11.5 Å². The van der Waals surface area contributed by atoms with Gasteiger partial charge in [0.15, 0.2) is 11.5 Å². The van der Waals surface area contributed by atoms with Gasteiger partial charge in [-0.3, -0.25) is 9.59 Å². The largest absolute Gasteiger partial charge is 0.480 e. The molecule has 0 radical (unpaired) electrons. The first kappa shape index (κ1) is 10.9. The summed E-state index contributed by atoms with van der Waals surface area (Å²) in [5, 5.41) is 10.8. The van der Waals surface area contributed by atoms with Crippen LogP contribution in [0.5, 0.6) is 0 Å². The molecule has 1 atom stereocenters. The molecule has 0 saturated carbocycles. The van der Waals surface area contributed by atoms with Gasteiger partial charge in [-0.15, -0.1) is 0 Å². The van der Waals surface area contributed by atoms with Gasteiger partial charge in [-0.25, -0.2) is 9.97 Å². The van der Waals surface area contributed by atoms with Crippen molar-refractivity contribution in [3.63, 3.8) is 0 Å². The number of hydrogen-bond acceptors (Lipinski definition) is 5. The molecular weight excluding hydrogens is 200 g/mol. The maximum atomic E-state index is 11.4. The van der Waals surface area contributed by atoms with Crippen LogP contribution >= 0.6 is 0 Å². The molecular formula is C8H10N4O3. The SMILES string of the molecule is C[C@@H](NC(=O)c1nccnc1N)C(=O)O. The Morgan fingerprint density at radius 2 is 2.07 bits per heavy atom. The van der Waals surface area contributed by atoms with Crippen molar-refractivity contribution in [2.75, 3.05) is 5.73 Å². The second kappa shape index (κ2) is 4.36. The van der Waals surface area contributed by atoms with Gasteiger partial charge in [0.25, 0.3) is 5.91 Å². The fraction of sp³-hybridized carbons (Fsp3) is 0.250. The molecule has 1 amide bonds. The number of aromatic nitrogens is 2. The number of nitrogens with two attached hydrogens (primary N) is 1. The highest BCUT2D eigenvalue weighted by molar-refractivity contribution is 5.98. The van der Waals surface area contributed by atoms with E-state index < -0.39 is 17.9 Å². The summed E-state index contributed by atoms with van der Waals surface area (Å²) in [7, 11) is 0. The molecule has 0 aliphatic heterocycles. The van der Waals surface area contributed by atoms with Crippen LogP contribution in [0.4, 0.5) is 5.82 Å². The molecule has 0 aliphatic rings. The zero-order chi connectivity index (χ0) is 11.4. The molecule has 7 heteroatoms. The summed E-state index contributed by atoms with van der Waals surface area (Å²) in [5.74, 6) is -1.83. The lowest BCUT2D eigenvalue weighted by molar-refractivity contribution is -0.138. The Morgan fingerprint density at radius 1 is 1.47 bits per heavy atom. The lowest BCUT2D eigenvalue weighted by atomic mass is 10.3. The Morgan fingerprint density at radius 3 is 2.60 bits per heavy atom. The van der Waals surface area contributed by atoms with E-state index in [2.05, 4.69) is 15.3 Å². The van der Waals surface area contributed by atoms with E-state index in [1.165, 1.54) is 19.3 Å². The van der Waals surface area contributed by atoms with Crippen molar-refractivity contribution in [1.29, 1.82) is 0 Å². The van der Waals surface area contributed by atoms with E-state index in [0.717, 1.165) is 0 Å². The second-order valence-electron chi connectivity index (χ2n) is 2.82. The number of carboxylic acids is 1. The average molecular weight is 210 g/mol. The van der Waals surface area contributed by atoms with Gasteiger partial charge >= 0.3 is 5.97 Å². The van der Waals surface area contributed by atoms with Crippen molar-refractivity contribution < 1.29 is 14.7 Å². The number of nitrogen functional groups attached to an aromatic ring is 1. The molecule has 0 spiro atoms. The highest BCUT2D eigenvalue weighted by Crippen LogP contribution is 2.02. The summed E-state index contributed by atoms with van der Waals surface area (Å²) in [4.78, 5) is 29.2. The number of carbonyl (C=O) groups is 2. The van der Waals surface area contributed by atoms with Crippen molar-refractivity contribution in [1.82, 2.24) is 15.3 Å². The molecule has 7 nitrogen and oxygen atoms in total. The Bertz CT molecular complexity index is 393. The number of hydrogen-bond donors (Lipinski definition) is 3. The predicted molar refractivity (Wildman–Crippen MR) is 51.0 cm³/mol. The number of anilines is 1. The van der Waals surface area contributed by atoms with Crippen LogP contribution in [0.2, 0.25) is 0 Å².